The molecule has 4 rings (SSSR count). The fraction of sp³-hybridized carbons (Fsp3) is 0.158. The number of anilines is 1. The lowest BCUT2D eigenvalue weighted by Gasteiger charge is -2.18. The second-order valence-electron chi connectivity index (χ2n) is 6.17. The summed E-state index contributed by atoms with van der Waals surface area (Å²) in [5.41, 5.74) is 4.82. The van der Waals surface area contributed by atoms with Gasteiger partial charge in [0.1, 0.15) is 5.82 Å². The van der Waals surface area contributed by atoms with Crippen LogP contribution in [0.25, 0.3) is 11.3 Å². The van der Waals surface area contributed by atoms with E-state index in [1.165, 1.54) is 23.1 Å². The van der Waals surface area contributed by atoms with Gasteiger partial charge < -0.3 is 5.32 Å². The average molecular weight is 388 g/mol. The molecule has 0 radical (unpaired) electrons. The number of hydrogen-bond donors (Lipinski definition) is 1. The first-order valence-corrected chi connectivity index (χ1v) is 9.36. The fourth-order valence-electron chi connectivity index (χ4n) is 3.10. The summed E-state index contributed by atoms with van der Waals surface area (Å²) in [5, 5.41) is 7.32. The van der Waals surface area contributed by atoms with Crippen molar-refractivity contribution in [1.29, 1.82) is 0 Å². The molecule has 0 unspecified atom stereocenters. The summed E-state index contributed by atoms with van der Waals surface area (Å²) in [5.74, 6) is -0.141. The minimum atomic E-state index is -0.452. The smallest absolute Gasteiger partial charge is 0.276 e. The van der Waals surface area contributed by atoms with Crippen molar-refractivity contribution in [3.05, 3.63) is 64.1 Å². The Morgan fingerprint density at radius 3 is 2.88 bits per heavy atom. The zero-order chi connectivity index (χ0) is 18.4. The number of amides is 1. The van der Waals surface area contributed by atoms with E-state index in [0.717, 1.165) is 22.4 Å². The van der Waals surface area contributed by atoms with Crippen LogP contribution in [0.15, 0.2) is 41.3 Å². The van der Waals surface area contributed by atoms with Gasteiger partial charge in [0.2, 0.25) is 0 Å². The number of aromatic nitrogens is 2. The Balaban J connectivity index is 1.73. The van der Waals surface area contributed by atoms with Crippen molar-refractivity contribution >= 4 is 35.0 Å². The Kier molecular flexibility index (Phi) is 4.25. The Morgan fingerprint density at radius 2 is 2.12 bits per heavy atom. The summed E-state index contributed by atoms with van der Waals surface area (Å²) in [7, 11) is 1.84. The normalized spacial score (nSPS) is 12.5. The molecule has 1 N–H and O–H groups in total. The van der Waals surface area contributed by atoms with Crippen molar-refractivity contribution in [3.8, 4) is 11.3 Å². The van der Waals surface area contributed by atoms with Gasteiger partial charge in [0.15, 0.2) is 5.69 Å². The van der Waals surface area contributed by atoms with Crippen molar-refractivity contribution in [1.82, 2.24) is 9.78 Å². The number of benzene rings is 2. The van der Waals surface area contributed by atoms with Crippen LogP contribution in [0.2, 0.25) is 5.02 Å². The van der Waals surface area contributed by atoms with Gasteiger partial charge in [-0.2, -0.15) is 5.10 Å². The highest BCUT2D eigenvalue weighted by molar-refractivity contribution is 7.98. The number of carbonyl (C=O) groups is 1. The van der Waals surface area contributed by atoms with Crippen LogP contribution in [-0.4, -0.2) is 15.7 Å². The minimum Gasteiger partial charge on any atom is -0.319 e. The highest BCUT2D eigenvalue weighted by Crippen LogP contribution is 2.43. The Hall–Kier alpha value is -2.31. The predicted molar refractivity (Wildman–Crippen MR) is 102 cm³/mol. The molecule has 0 bridgehead atoms. The second-order valence-corrected chi connectivity index (χ2v) is 7.59. The Morgan fingerprint density at radius 1 is 1.31 bits per heavy atom. The number of nitrogens with zero attached hydrogens (tertiary/aromatic N) is 2. The molecule has 0 fully saturated rings. The van der Waals surface area contributed by atoms with Gasteiger partial charge in [-0.25, -0.2) is 4.39 Å². The molecule has 0 aliphatic carbocycles. The SMILES string of the molecule is Cc1ccc2c(c1)-c1c(c(C(=O)Nc3ccc(F)cc3Cl)nn1C)CS2. The summed E-state index contributed by atoms with van der Waals surface area (Å²) < 4.78 is 14.9. The molecule has 0 spiro atoms. The van der Waals surface area contributed by atoms with Gasteiger partial charge in [0.25, 0.3) is 5.91 Å². The first-order valence-electron chi connectivity index (χ1n) is 8.00. The predicted octanol–water partition coefficient (Wildman–Crippen LogP) is 5.05. The van der Waals surface area contributed by atoms with Crippen LogP contribution in [0.4, 0.5) is 10.1 Å². The molecular formula is C19H15ClFN3OS. The zero-order valence-electron chi connectivity index (χ0n) is 14.1. The molecule has 0 saturated heterocycles. The second kappa shape index (κ2) is 6.45. The lowest BCUT2D eigenvalue weighted by Crippen LogP contribution is -2.15. The van der Waals surface area contributed by atoms with Gasteiger partial charge in [0, 0.05) is 28.8 Å². The average Bonchev–Trinajstić information content (AvgIpc) is 2.94. The quantitative estimate of drug-likeness (QED) is 0.669. The lowest BCUT2D eigenvalue weighted by molar-refractivity contribution is 0.102. The Bertz CT molecular complexity index is 1050. The van der Waals surface area contributed by atoms with Crippen molar-refractivity contribution < 1.29 is 9.18 Å². The van der Waals surface area contributed by atoms with Crippen molar-refractivity contribution in [2.45, 2.75) is 17.6 Å². The molecule has 0 saturated carbocycles. The molecule has 0 atom stereocenters. The standard InChI is InChI=1S/C19H15ClFN3OS/c1-10-3-6-16-12(7-10)18-13(9-26-16)17(23-24(18)2)19(25)22-15-5-4-11(21)8-14(15)20/h3-8H,9H2,1-2H3,(H,22,25). The van der Waals surface area contributed by atoms with Crippen LogP contribution in [0, 0.1) is 12.7 Å². The summed E-state index contributed by atoms with van der Waals surface area (Å²) in [4.78, 5) is 13.9. The molecule has 2 heterocycles. The van der Waals surface area contributed by atoms with E-state index in [1.54, 1.807) is 16.4 Å². The van der Waals surface area contributed by atoms with Gasteiger partial charge in [-0.1, -0.05) is 23.2 Å². The maximum Gasteiger partial charge on any atom is 0.276 e. The van der Waals surface area contributed by atoms with E-state index >= 15 is 0 Å². The van der Waals surface area contributed by atoms with Gasteiger partial charge >= 0.3 is 0 Å². The van der Waals surface area contributed by atoms with Gasteiger partial charge in [0.05, 0.1) is 16.4 Å². The molecule has 4 nitrogen and oxygen atoms in total. The Labute approximate surface area is 159 Å². The van der Waals surface area contributed by atoms with Crippen molar-refractivity contribution in [2.24, 2.45) is 7.05 Å². The number of rotatable bonds is 2. The third-order valence-electron chi connectivity index (χ3n) is 4.30. The highest BCUT2D eigenvalue weighted by Gasteiger charge is 2.28. The molecule has 1 aromatic heterocycles. The molecule has 26 heavy (non-hydrogen) atoms. The number of thioether (sulfide) groups is 1. The van der Waals surface area contributed by atoms with E-state index < -0.39 is 5.82 Å². The van der Waals surface area contributed by atoms with E-state index in [2.05, 4.69) is 28.6 Å². The molecule has 1 amide bonds. The van der Waals surface area contributed by atoms with E-state index in [0.29, 0.717) is 17.1 Å². The molecule has 7 heteroatoms. The van der Waals surface area contributed by atoms with Crippen LogP contribution in [0.5, 0.6) is 0 Å². The third-order valence-corrected chi connectivity index (χ3v) is 5.71. The van der Waals surface area contributed by atoms with Crippen molar-refractivity contribution in [3.63, 3.8) is 0 Å². The van der Waals surface area contributed by atoms with E-state index in [9.17, 15) is 9.18 Å². The van der Waals surface area contributed by atoms with Crippen LogP contribution in [0.3, 0.4) is 0 Å². The van der Waals surface area contributed by atoms with E-state index in [-0.39, 0.29) is 10.9 Å². The third kappa shape index (κ3) is 2.89. The molecule has 3 aromatic rings. The summed E-state index contributed by atoms with van der Waals surface area (Å²) in [6, 6.07) is 10.2. The van der Waals surface area contributed by atoms with Gasteiger partial charge in [-0.3, -0.25) is 9.48 Å². The fourth-order valence-corrected chi connectivity index (χ4v) is 4.36. The summed E-state index contributed by atoms with van der Waals surface area (Å²) in [6.45, 7) is 2.04. The zero-order valence-corrected chi connectivity index (χ0v) is 15.7. The molecule has 2 aromatic carbocycles. The highest BCUT2D eigenvalue weighted by atomic mass is 35.5. The van der Waals surface area contributed by atoms with Crippen LogP contribution >= 0.6 is 23.4 Å². The van der Waals surface area contributed by atoms with Crippen molar-refractivity contribution in [2.75, 3.05) is 5.32 Å². The summed E-state index contributed by atoms with van der Waals surface area (Å²) in [6.07, 6.45) is 0. The van der Waals surface area contributed by atoms with E-state index in [1.807, 2.05) is 14.0 Å². The van der Waals surface area contributed by atoms with Gasteiger partial charge in [-0.05, 0) is 37.3 Å². The van der Waals surface area contributed by atoms with Crippen LogP contribution < -0.4 is 5.32 Å². The maximum absolute atomic E-state index is 13.2. The molecular weight excluding hydrogens is 373 g/mol. The number of halogens is 2. The number of nitrogens with one attached hydrogen (secondary N) is 1. The molecule has 132 valence electrons. The first kappa shape index (κ1) is 17.1. The number of aryl methyl sites for hydroxylation is 2. The summed E-state index contributed by atoms with van der Waals surface area (Å²) >= 11 is 7.70. The lowest BCUT2D eigenvalue weighted by atomic mass is 10.0. The topological polar surface area (TPSA) is 46.9 Å². The number of fused-ring (bicyclic) bond motifs is 3. The van der Waals surface area contributed by atoms with Gasteiger partial charge in [-0.15, -0.1) is 11.8 Å². The van der Waals surface area contributed by atoms with Crippen LogP contribution in [-0.2, 0) is 12.8 Å². The maximum atomic E-state index is 13.2. The number of hydrogen-bond acceptors (Lipinski definition) is 3. The first-order chi connectivity index (χ1) is 12.4. The molecule has 1 aliphatic heterocycles. The molecule has 1 aliphatic rings. The van der Waals surface area contributed by atoms with E-state index in [4.69, 9.17) is 11.6 Å². The monoisotopic (exact) mass is 387 g/mol. The van der Waals surface area contributed by atoms with Crippen LogP contribution in [0.1, 0.15) is 21.6 Å². The largest absolute Gasteiger partial charge is 0.319 e. The number of carbonyl (C=O) groups excluding carboxylic acids is 1. The minimum absolute atomic E-state index is 0.151.